The highest BCUT2D eigenvalue weighted by Crippen LogP contribution is 2.15. The second-order valence-corrected chi connectivity index (χ2v) is 6.84. The van der Waals surface area contributed by atoms with E-state index in [1.807, 2.05) is 30.3 Å². The van der Waals surface area contributed by atoms with Crippen LogP contribution >= 0.6 is 0 Å². The van der Waals surface area contributed by atoms with Crippen LogP contribution in [0.15, 0.2) is 54.6 Å². The third kappa shape index (κ3) is 5.78. The molecule has 1 aliphatic heterocycles. The Kier molecular flexibility index (Phi) is 7.15. The number of nitro groups is 1. The van der Waals surface area contributed by atoms with Gasteiger partial charge in [-0.2, -0.15) is 0 Å². The predicted octanol–water partition coefficient (Wildman–Crippen LogP) is 2.50. The van der Waals surface area contributed by atoms with Gasteiger partial charge in [0.1, 0.15) is 6.61 Å². The molecule has 0 aromatic heterocycles. The number of nitrogens with one attached hydrogen (secondary N) is 1. The second kappa shape index (κ2) is 10.2. The molecule has 0 unspecified atom stereocenters. The highest BCUT2D eigenvalue weighted by Gasteiger charge is 2.31. The van der Waals surface area contributed by atoms with E-state index in [1.165, 1.54) is 34.3 Å². The van der Waals surface area contributed by atoms with Gasteiger partial charge in [0, 0.05) is 43.8 Å². The lowest BCUT2D eigenvalue weighted by Crippen LogP contribution is -2.45. The molecule has 0 atom stereocenters. The Balaban J connectivity index is 1.46. The van der Waals surface area contributed by atoms with E-state index in [-0.39, 0.29) is 36.7 Å². The van der Waals surface area contributed by atoms with Gasteiger partial charge in [-0.3, -0.25) is 19.7 Å². The maximum Gasteiger partial charge on any atom is 0.429 e. The summed E-state index contributed by atoms with van der Waals surface area (Å²) in [5.41, 5.74) is 0.993. The minimum atomic E-state index is -0.593. The highest BCUT2D eigenvalue weighted by atomic mass is 16.6. The summed E-state index contributed by atoms with van der Waals surface area (Å²) in [6.45, 7) is 0.964. The van der Waals surface area contributed by atoms with Crippen LogP contribution in [-0.2, 0) is 16.1 Å². The first-order chi connectivity index (χ1) is 15.0. The van der Waals surface area contributed by atoms with Crippen LogP contribution in [0.1, 0.15) is 28.8 Å². The van der Waals surface area contributed by atoms with E-state index in [1.54, 1.807) is 0 Å². The molecule has 0 saturated carbocycles. The summed E-state index contributed by atoms with van der Waals surface area (Å²) in [6, 6.07) is 14.4. The number of amides is 3. The van der Waals surface area contributed by atoms with Crippen molar-refractivity contribution < 1.29 is 24.0 Å². The Morgan fingerprint density at radius 2 is 1.68 bits per heavy atom. The first-order valence-corrected chi connectivity index (χ1v) is 9.77. The van der Waals surface area contributed by atoms with Gasteiger partial charge in [0.15, 0.2) is 0 Å². The van der Waals surface area contributed by atoms with Crippen molar-refractivity contribution in [1.82, 2.24) is 15.3 Å². The molecule has 31 heavy (non-hydrogen) atoms. The number of nitrogens with zero attached hydrogens (tertiary/aromatic N) is 3. The summed E-state index contributed by atoms with van der Waals surface area (Å²) in [5.74, 6) is -0.749. The molecule has 1 N–H and O–H groups in total. The monoisotopic (exact) mass is 426 g/mol. The maximum absolute atomic E-state index is 12.5. The van der Waals surface area contributed by atoms with Crippen LogP contribution in [0, 0.1) is 10.1 Å². The Morgan fingerprint density at radius 1 is 1.00 bits per heavy atom. The van der Waals surface area contributed by atoms with Crippen molar-refractivity contribution in [1.29, 1.82) is 0 Å². The van der Waals surface area contributed by atoms with E-state index in [0.717, 1.165) is 5.56 Å². The molecule has 2 aromatic rings. The van der Waals surface area contributed by atoms with Crippen LogP contribution in [0.3, 0.4) is 0 Å². The second-order valence-electron chi connectivity index (χ2n) is 6.84. The summed E-state index contributed by atoms with van der Waals surface area (Å²) < 4.78 is 5.29. The SMILES string of the molecule is O=C(NCCC(=O)N1CCCN1C(=O)OCc1ccccc1)c1ccc([N+](=O)[O-])cc1. The summed E-state index contributed by atoms with van der Waals surface area (Å²) in [7, 11) is 0. The lowest BCUT2D eigenvalue weighted by atomic mass is 10.2. The van der Waals surface area contributed by atoms with E-state index >= 15 is 0 Å². The number of benzene rings is 2. The molecule has 1 heterocycles. The average Bonchev–Trinajstić information content (AvgIpc) is 3.28. The van der Waals surface area contributed by atoms with E-state index in [0.29, 0.717) is 19.5 Å². The lowest BCUT2D eigenvalue weighted by Gasteiger charge is -2.27. The maximum atomic E-state index is 12.5. The van der Waals surface area contributed by atoms with E-state index in [2.05, 4.69) is 5.32 Å². The standard InChI is InChI=1S/C21H22N4O6/c26-19(11-12-22-20(27)17-7-9-18(10-8-17)25(29)30)23-13-4-14-24(23)21(28)31-15-16-5-2-1-3-6-16/h1-3,5-10H,4,11-15H2,(H,22,27). The fourth-order valence-corrected chi connectivity index (χ4v) is 3.10. The zero-order valence-electron chi connectivity index (χ0n) is 16.7. The van der Waals surface area contributed by atoms with Gasteiger partial charge in [-0.15, -0.1) is 0 Å². The molecule has 162 valence electrons. The van der Waals surface area contributed by atoms with Gasteiger partial charge >= 0.3 is 6.09 Å². The van der Waals surface area contributed by atoms with Gasteiger partial charge in [0.25, 0.3) is 11.6 Å². The molecule has 3 amide bonds. The highest BCUT2D eigenvalue weighted by molar-refractivity contribution is 5.94. The number of carbonyl (C=O) groups excluding carboxylic acids is 3. The first-order valence-electron chi connectivity index (χ1n) is 9.77. The third-order valence-corrected chi connectivity index (χ3v) is 4.70. The molecule has 1 saturated heterocycles. The molecule has 0 radical (unpaired) electrons. The number of carbonyl (C=O) groups is 3. The molecule has 3 rings (SSSR count). The summed E-state index contributed by atoms with van der Waals surface area (Å²) in [6.07, 6.45) is 0.0484. The quantitative estimate of drug-likeness (QED) is 0.536. The molecule has 1 fully saturated rings. The van der Waals surface area contributed by atoms with Crippen molar-refractivity contribution in [3.05, 3.63) is 75.8 Å². The molecule has 0 aliphatic carbocycles. The number of ether oxygens (including phenoxy) is 1. The number of nitro benzene ring substituents is 1. The number of hydrogen-bond acceptors (Lipinski definition) is 6. The van der Waals surface area contributed by atoms with Gasteiger partial charge in [-0.1, -0.05) is 30.3 Å². The zero-order chi connectivity index (χ0) is 22.2. The Bertz CT molecular complexity index is 948. The van der Waals surface area contributed by atoms with Crippen molar-refractivity contribution in [2.45, 2.75) is 19.4 Å². The molecule has 1 aliphatic rings. The minimum Gasteiger partial charge on any atom is -0.443 e. The first kappa shape index (κ1) is 21.8. The fourth-order valence-electron chi connectivity index (χ4n) is 3.10. The van der Waals surface area contributed by atoms with Gasteiger partial charge in [-0.05, 0) is 24.1 Å². The lowest BCUT2D eigenvalue weighted by molar-refractivity contribution is -0.384. The minimum absolute atomic E-state index is 0.00118. The smallest absolute Gasteiger partial charge is 0.429 e. The van der Waals surface area contributed by atoms with Crippen molar-refractivity contribution >= 4 is 23.6 Å². The average molecular weight is 426 g/mol. The van der Waals surface area contributed by atoms with Crippen molar-refractivity contribution in [3.63, 3.8) is 0 Å². The molecule has 0 bridgehead atoms. The van der Waals surface area contributed by atoms with E-state index < -0.39 is 16.9 Å². The Hall–Kier alpha value is -3.95. The fraction of sp³-hybridized carbons (Fsp3) is 0.286. The Morgan fingerprint density at radius 3 is 2.35 bits per heavy atom. The summed E-state index contributed by atoms with van der Waals surface area (Å²) in [4.78, 5) is 47.1. The molecule has 10 nitrogen and oxygen atoms in total. The molecule has 2 aromatic carbocycles. The van der Waals surface area contributed by atoms with Crippen LogP contribution in [0.2, 0.25) is 0 Å². The van der Waals surface area contributed by atoms with Crippen LogP contribution in [0.4, 0.5) is 10.5 Å². The van der Waals surface area contributed by atoms with Crippen LogP contribution in [0.25, 0.3) is 0 Å². The predicted molar refractivity (Wildman–Crippen MR) is 110 cm³/mol. The van der Waals surface area contributed by atoms with E-state index in [4.69, 9.17) is 4.74 Å². The van der Waals surface area contributed by atoms with Crippen molar-refractivity contribution in [3.8, 4) is 0 Å². The van der Waals surface area contributed by atoms with Crippen LogP contribution in [0.5, 0.6) is 0 Å². The third-order valence-electron chi connectivity index (χ3n) is 4.70. The summed E-state index contributed by atoms with van der Waals surface area (Å²) in [5, 5.41) is 15.9. The molecule has 10 heteroatoms. The van der Waals surface area contributed by atoms with Gasteiger partial charge in [0.2, 0.25) is 5.91 Å². The number of rotatable bonds is 7. The van der Waals surface area contributed by atoms with Crippen molar-refractivity contribution in [2.75, 3.05) is 19.6 Å². The van der Waals surface area contributed by atoms with Crippen LogP contribution < -0.4 is 5.32 Å². The molecular weight excluding hydrogens is 404 g/mol. The Labute approximate surface area is 178 Å². The molecular formula is C21H22N4O6. The zero-order valence-corrected chi connectivity index (χ0v) is 16.7. The number of hydrogen-bond donors (Lipinski definition) is 1. The topological polar surface area (TPSA) is 122 Å². The van der Waals surface area contributed by atoms with Crippen molar-refractivity contribution in [2.24, 2.45) is 0 Å². The van der Waals surface area contributed by atoms with Gasteiger partial charge in [-0.25, -0.2) is 14.8 Å². The molecule has 0 spiro atoms. The van der Waals surface area contributed by atoms with E-state index in [9.17, 15) is 24.5 Å². The number of non-ortho nitro benzene ring substituents is 1. The van der Waals surface area contributed by atoms with Gasteiger partial charge < -0.3 is 10.1 Å². The normalized spacial score (nSPS) is 13.0. The number of hydrazine groups is 1. The largest absolute Gasteiger partial charge is 0.443 e. The van der Waals surface area contributed by atoms with Crippen LogP contribution in [-0.4, -0.2) is 52.5 Å². The van der Waals surface area contributed by atoms with Gasteiger partial charge in [0.05, 0.1) is 4.92 Å². The summed E-state index contributed by atoms with van der Waals surface area (Å²) >= 11 is 0.